The Kier molecular flexibility index (Phi) is 5.19. The van der Waals surface area contributed by atoms with Gasteiger partial charge in [-0.3, -0.25) is 9.48 Å². The van der Waals surface area contributed by atoms with Crippen LogP contribution in [-0.4, -0.2) is 33.8 Å². The quantitative estimate of drug-likeness (QED) is 0.838. The topological polar surface area (TPSA) is 46.9 Å². The highest BCUT2D eigenvalue weighted by Crippen LogP contribution is 2.33. The lowest BCUT2D eigenvalue weighted by Gasteiger charge is -2.28. The Morgan fingerprint density at radius 3 is 2.42 bits per heavy atom. The highest BCUT2D eigenvalue weighted by molar-refractivity contribution is 5.96. The summed E-state index contributed by atoms with van der Waals surface area (Å²) in [5.41, 5.74) is 0.887. The van der Waals surface area contributed by atoms with Crippen LogP contribution in [0.5, 0.6) is 0 Å². The molecule has 1 aliphatic rings. The normalized spacial score (nSPS) is 18.6. The smallest absolute Gasteiger partial charge is 0.349 e. The minimum absolute atomic E-state index is 0.180. The summed E-state index contributed by atoms with van der Waals surface area (Å²) in [4.78, 5) is 12.4. The molecule has 1 saturated carbocycles. The number of rotatable bonds is 4. The number of hydrogen-bond donors (Lipinski definition) is 1. The molecule has 1 N–H and O–H groups in total. The Bertz CT molecular complexity index is 599. The number of nitrogens with one attached hydrogen (secondary N) is 1. The SMILES string of the molecule is Cc1nn(CCC(F)(F)F)c(C)c1C(=O)NC1CCC(F)(F)CC1. The second-order valence-electron chi connectivity index (χ2n) is 6.24. The molecule has 1 aliphatic carbocycles. The molecular weight excluding hydrogens is 333 g/mol. The molecule has 1 aromatic rings. The molecule has 0 radical (unpaired) electrons. The van der Waals surface area contributed by atoms with E-state index in [0.717, 1.165) is 4.68 Å². The molecular formula is C15H20F5N3O. The molecule has 0 unspecified atom stereocenters. The van der Waals surface area contributed by atoms with Crippen molar-refractivity contribution in [3.63, 3.8) is 0 Å². The van der Waals surface area contributed by atoms with E-state index in [0.29, 0.717) is 11.4 Å². The van der Waals surface area contributed by atoms with E-state index in [1.807, 2.05) is 0 Å². The van der Waals surface area contributed by atoms with Crippen molar-refractivity contribution in [2.75, 3.05) is 0 Å². The summed E-state index contributed by atoms with van der Waals surface area (Å²) in [5, 5.41) is 6.68. The molecule has 136 valence electrons. The van der Waals surface area contributed by atoms with Crippen molar-refractivity contribution in [1.29, 1.82) is 0 Å². The molecule has 9 heteroatoms. The van der Waals surface area contributed by atoms with Gasteiger partial charge in [0.15, 0.2) is 0 Å². The van der Waals surface area contributed by atoms with Gasteiger partial charge in [0, 0.05) is 31.1 Å². The number of nitrogens with zero attached hydrogens (tertiary/aromatic N) is 2. The van der Waals surface area contributed by atoms with Crippen LogP contribution in [0.4, 0.5) is 22.0 Å². The van der Waals surface area contributed by atoms with Gasteiger partial charge in [-0.15, -0.1) is 0 Å². The van der Waals surface area contributed by atoms with E-state index in [2.05, 4.69) is 10.4 Å². The number of carbonyl (C=O) groups is 1. The van der Waals surface area contributed by atoms with Crippen LogP contribution >= 0.6 is 0 Å². The maximum atomic E-state index is 13.1. The Hall–Kier alpha value is -1.67. The van der Waals surface area contributed by atoms with Crippen molar-refractivity contribution in [3.8, 4) is 0 Å². The van der Waals surface area contributed by atoms with Crippen molar-refractivity contribution < 1.29 is 26.7 Å². The van der Waals surface area contributed by atoms with E-state index in [9.17, 15) is 26.7 Å². The first-order valence-electron chi connectivity index (χ1n) is 7.78. The molecule has 0 bridgehead atoms. The van der Waals surface area contributed by atoms with E-state index in [1.165, 1.54) is 6.92 Å². The lowest BCUT2D eigenvalue weighted by molar-refractivity contribution is -0.137. The second kappa shape index (κ2) is 6.68. The molecule has 0 aromatic carbocycles. The highest BCUT2D eigenvalue weighted by atomic mass is 19.4. The zero-order valence-electron chi connectivity index (χ0n) is 13.5. The van der Waals surface area contributed by atoms with Gasteiger partial charge in [-0.2, -0.15) is 18.3 Å². The van der Waals surface area contributed by atoms with Crippen molar-refractivity contribution in [1.82, 2.24) is 15.1 Å². The van der Waals surface area contributed by atoms with Crippen LogP contribution in [0.3, 0.4) is 0 Å². The van der Waals surface area contributed by atoms with Gasteiger partial charge in [0.2, 0.25) is 5.92 Å². The third kappa shape index (κ3) is 4.67. The molecule has 0 spiro atoms. The summed E-state index contributed by atoms with van der Waals surface area (Å²) in [7, 11) is 0. The minimum Gasteiger partial charge on any atom is -0.349 e. The molecule has 0 aliphatic heterocycles. The van der Waals surface area contributed by atoms with Crippen molar-refractivity contribution in [2.45, 2.75) is 70.6 Å². The third-order valence-electron chi connectivity index (χ3n) is 4.27. The van der Waals surface area contributed by atoms with E-state index < -0.39 is 24.4 Å². The van der Waals surface area contributed by atoms with Gasteiger partial charge in [-0.05, 0) is 26.7 Å². The van der Waals surface area contributed by atoms with Crippen LogP contribution in [0.2, 0.25) is 0 Å². The number of alkyl halides is 5. The average molecular weight is 353 g/mol. The maximum Gasteiger partial charge on any atom is 0.390 e. The van der Waals surface area contributed by atoms with Crippen LogP contribution < -0.4 is 5.32 Å². The van der Waals surface area contributed by atoms with Gasteiger partial charge in [-0.1, -0.05) is 0 Å². The first-order chi connectivity index (χ1) is 11.0. The Morgan fingerprint density at radius 1 is 1.29 bits per heavy atom. The molecule has 2 rings (SSSR count). The Balaban J connectivity index is 2.03. The number of aromatic nitrogens is 2. The molecule has 0 saturated heterocycles. The summed E-state index contributed by atoms with van der Waals surface area (Å²) in [6.07, 6.45) is -5.53. The van der Waals surface area contributed by atoms with Gasteiger partial charge in [0.1, 0.15) is 0 Å². The lowest BCUT2D eigenvalue weighted by atomic mass is 9.92. The number of halogens is 5. The van der Waals surface area contributed by atoms with E-state index in [1.54, 1.807) is 6.92 Å². The van der Waals surface area contributed by atoms with Crippen LogP contribution in [-0.2, 0) is 6.54 Å². The third-order valence-corrected chi connectivity index (χ3v) is 4.27. The van der Waals surface area contributed by atoms with Gasteiger partial charge >= 0.3 is 6.18 Å². The Labute approximate surface area is 136 Å². The molecule has 1 fully saturated rings. The van der Waals surface area contributed by atoms with Gasteiger partial charge in [0.05, 0.1) is 17.7 Å². The fraction of sp³-hybridized carbons (Fsp3) is 0.733. The lowest BCUT2D eigenvalue weighted by Crippen LogP contribution is -2.40. The van der Waals surface area contributed by atoms with E-state index >= 15 is 0 Å². The average Bonchev–Trinajstić information content (AvgIpc) is 2.73. The van der Waals surface area contributed by atoms with Crippen molar-refractivity contribution in [2.24, 2.45) is 0 Å². The molecule has 1 aromatic heterocycles. The minimum atomic E-state index is -4.30. The molecule has 24 heavy (non-hydrogen) atoms. The summed E-state index contributed by atoms with van der Waals surface area (Å²) in [6, 6.07) is -0.352. The molecule has 4 nitrogen and oxygen atoms in total. The van der Waals surface area contributed by atoms with Crippen molar-refractivity contribution >= 4 is 5.91 Å². The zero-order valence-corrected chi connectivity index (χ0v) is 13.5. The standard InChI is InChI=1S/C15H20F5N3O/c1-9-12(10(2)23(22-9)8-7-15(18,19)20)13(24)21-11-3-5-14(16,17)6-4-11/h11H,3-8H2,1-2H3,(H,21,24). The van der Waals surface area contributed by atoms with Crippen LogP contribution in [0.15, 0.2) is 0 Å². The highest BCUT2D eigenvalue weighted by Gasteiger charge is 2.36. The van der Waals surface area contributed by atoms with Crippen LogP contribution in [0.1, 0.15) is 53.8 Å². The van der Waals surface area contributed by atoms with Gasteiger partial charge < -0.3 is 5.32 Å². The number of aryl methyl sites for hydroxylation is 2. The monoisotopic (exact) mass is 353 g/mol. The molecule has 1 heterocycles. The van der Waals surface area contributed by atoms with Crippen LogP contribution in [0.25, 0.3) is 0 Å². The number of hydrogen-bond acceptors (Lipinski definition) is 2. The summed E-state index contributed by atoms with van der Waals surface area (Å²) in [5.74, 6) is -3.16. The molecule has 0 atom stereocenters. The second-order valence-corrected chi connectivity index (χ2v) is 6.24. The predicted octanol–water partition coefficient (Wildman–Crippen LogP) is 3.76. The first kappa shape index (κ1) is 18.7. The van der Waals surface area contributed by atoms with Crippen LogP contribution in [0, 0.1) is 13.8 Å². The summed E-state index contributed by atoms with van der Waals surface area (Å²) >= 11 is 0. The van der Waals surface area contributed by atoms with Crippen molar-refractivity contribution in [3.05, 3.63) is 17.0 Å². The van der Waals surface area contributed by atoms with Gasteiger partial charge in [-0.25, -0.2) is 8.78 Å². The molecule has 1 amide bonds. The fourth-order valence-corrected chi connectivity index (χ4v) is 2.92. The Morgan fingerprint density at radius 2 is 1.88 bits per heavy atom. The first-order valence-corrected chi connectivity index (χ1v) is 7.78. The van der Waals surface area contributed by atoms with Gasteiger partial charge in [0.25, 0.3) is 5.91 Å². The zero-order chi connectivity index (χ0) is 18.1. The number of carbonyl (C=O) groups excluding carboxylic acids is 1. The van der Waals surface area contributed by atoms with E-state index in [4.69, 9.17) is 0 Å². The summed E-state index contributed by atoms with van der Waals surface area (Å²) < 4.78 is 64.4. The number of amides is 1. The van der Waals surface area contributed by atoms with E-state index in [-0.39, 0.29) is 43.8 Å². The fourth-order valence-electron chi connectivity index (χ4n) is 2.92. The largest absolute Gasteiger partial charge is 0.390 e. The predicted molar refractivity (Wildman–Crippen MR) is 77.0 cm³/mol. The summed E-state index contributed by atoms with van der Waals surface area (Å²) in [6.45, 7) is 2.71. The maximum absolute atomic E-state index is 13.1.